The van der Waals surface area contributed by atoms with E-state index in [1.54, 1.807) is 0 Å². The summed E-state index contributed by atoms with van der Waals surface area (Å²) in [5, 5.41) is 9.30. The van der Waals surface area contributed by atoms with Crippen molar-refractivity contribution in [3.05, 3.63) is 29.8 Å². The Labute approximate surface area is 106 Å². The Morgan fingerprint density at radius 1 is 1.44 bits per heavy atom. The lowest BCUT2D eigenvalue weighted by molar-refractivity contribution is -0.134. The summed E-state index contributed by atoms with van der Waals surface area (Å²) >= 11 is 0. The van der Waals surface area contributed by atoms with Crippen LogP contribution in [0.25, 0.3) is 0 Å². The number of nitrogens with zero attached hydrogens (tertiary/aromatic N) is 1. The van der Waals surface area contributed by atoms with Crippen LogP contribution in [-0.2, 0) is 4.79 Å². The van der Waals surface area contributed by atoms with Crippen LogP contribution in [0.4, 0.5) is 0 Å². The highest BCUT2D eigenvalue weighted by Crippen LogP contribution is 2.35. The molecular formula is C14H17NO3. The van der Waals surface area contributed by atoms with E-state index in [1.165, 1.54) is 0 Å². The molecule has 3 rings (SSSR count). The maximum absolute atomic E-state index is 12.5. The molecule has 0 saturated carbocycles. The van der Waals surface area contributed by atoms with Gasteiger partial charge in [0.05, 0.1) is 12.6 Å². The predicted molar refractivity (Wildman–Crippen MR) is 66.5 cm³/mol. The molecular weight excluding hydrogens is 230 g/mol. The highest BCUT2D eigenvalue weighted by atomic mass is 16.5. The van der Waals surface area contributed by atoms with E-state index >= 15 is 0 Å². The first-order valence-electron chi connectivity index (χ1n) is 6.44. The molecule has 0 aromatic heterocycles. The monoisotopic (exact) mass is 247 g/mol. The summed E-state index contributed by atoms with van der Waals surface area (Å²) < 4.78 is 5.55. The van der Waals surface area contributed by atoms with Gasteiger partial charge in [-0.1, -0.05) is 18.2 Å². The van der Waals surface area contributed by atoms with Crippen molar-refractivity contribution in [2.24, 2.45) is 0 Å². The van der Waals surface area contributed by atoms with E-state index in [0.29, 0.717) is 6.61 Å². The molecule has 0 spiro atoms. The topological polar surface area (TPSA) is 49.8 Å². The lowest BCUT2D eigenvalue weighted by Crippen LogP contribution is -2.41. The minimum atomic E-state index is -0.201. The van der Waals surface area contributed by atoms with Gasteiger partial charge in [0.15, 0.2) is 0 Å². The minimum absolute atomic E-state index is 0.00902. The lowest BCUT2D eigenvalue weighted by atomic mass is 9.99. The van der Waals surface area contributed by atoms with Crippen LogP contribution in [0.1, 0.15) is 24.3 Å². The first kappa shape index (κ1) is 11.5. The third-order valence-electron chi connectivity index (χ3n) is 3.87. The van der Waals surface area contributed by atoms with Crippen LogP contribution in [0.5, 0.6) is 5.75 Å². The van der Waals surface area contributed by atoms with Crippen molar-refractivity contribution in [1.82, 2.24) is 4.90 Å². The van der Waals surface area contributed by atoms with Crippen LogP contribution in [0.15, 0.2) is 24.3 Å². The number of aliphatic hydroxyl groups is 1. The second kappa shape index (κ2) is 4.61. The maximum atomic E-state index is 12.5. The largest absolute Gasteiger partial charge is 0.492 e. The van der Waals surface area contributed by atoms with Crippen molar-refractivity contribution in [3.63, 3.8) is 0 Å². The van der Waals surface area contributed by atoms with Crippen LogP contribution < -0.4 is 4.74 Å². The molecule has 96 valence electrons. The van der Waals surface area contributed by atoms with Gasteiger partial charge in [-0.15, -0.1) is 0 Å². The summed E-state index contributed by atoms with van der Waals surface area (Å²) in [5.41, 5.74) is 0.978. The zero-order valence-corrected chi connectivity index (χ0v) is 10.2. The molecule has 1 amide bonds. The molecule has 0 radical (unpaired) electrons. The number of rotatable bonds is 2. The van der Waals surface area contributed by atoms with Crippen LogP contribution >= 0.6 is 0 Å². The van der Waals surface area contributed by atoms with E-state index in [-0.39, 0.29) is 24.5 Å². The molecule has 4 nitrogen and oxygen atoms in total. The average Bonchev–Trinajstić information content (AvgIpc) is 3.04. The molecule has 1 aromatic carbocycles. The summed E-state index contributed by atoms with van der Waals surface area (Å²) in [6.45, 7) is 1.23. The fourth-order valence-electron chi connectivity index (χ4n) is 2.88. The Morgan fingerprint density at radius 2 is 2.28 bits per heavy atom. The molecule has 1 N–H and O–H groups in total. The number of carbonyl (C=O) groups excluding carboxylic acids is 1. The number of benzene rings is 1. The second-order valence-electron chi connectivity index (χ2n) is 4.91. The quantitative estimate of drug-likeness (QED) is 0.852. The van der Waals surface area contributed by atoms with E-state index in [4.69, 9.17) is 4.74 Å². The molecule has 4 heteroatoms. The third-order valence-corrected chi connectivity index (χ3v) is 3.87. The van der Waals surface area contributed by atoms with Gasteiger partial charge in [0, 0.05) is 12.1 Å². The molecule has 2 aliphatic heterocycles. The van der Waals surface area contributed by atoms with Gasteiger partial charge in [-0.2, -0.15) is 0 Å². The molecule has 18 heavy (non-hydrogen) atoms. The highest BCUT2D eigenvalue weighted by molar-refractivity contribution is 5.86. The smallest absolute Gasteiger partial charge is 0.234 e. The fraction of sp³-hybridized carbons (Fsp3) is 0.500. The first-order valence-corrected chi connectivity index (χ1v) is 6.44. The van der Waals surface area contributed by atoms with E-state index in [9.17, 15) is 9.90 Å². The zero-order valence-electron chi connectivity index (χ0n) is 10.2. The van der Waals surface area contributed by atoms with E-state index < -0.39 is 0 Å². The number of carbonyl (C=O) groups is 1. The van der Waals surface area contributed by atoms with Gasteiger partial charge < -0.3 is 14.7 Å². The molecule has 0 aliphatic carbocycles. The predicted octanol–water partition coefficient (Wildman–Crippen LogP) is 1.15. The average molecular weight is 247 g/mol. The van der Waals surface area contributed by atoms with Crippen LogP contribution in [0, 0.1) is 0 Å². The summed E-state index contributed by atoms with van der Waals surface area (Å²) in [4.78, 5) is 14.3. The Balaban J connectivity index is 1.82. The number of hydrogen-bond donors (Lipinski definition) is 1. The van der Waals surface area contributed by atoms with Crippen molar-refractivity contribution < 1.29 is 14.6 Å². The first-order chi connectivity index (χ1) is 8.81. The molecule has 2 heterocycles. The normalized spacial score (nSPS) is 25.9. The molecule has 2 aliphatic rings. The summed E-state index contributed by atoms with van der Waals surface area (Å²) in [7, 11) is 0. The summed E-state index contributed by atoms with van der Waals surface area (Å²) in [6, 6.07) is 7.69. The minimum Gasteiger partial charge on any atom is -0.492 e. The van der Waals surface area contributed by atoms with Crippen molar-refractivity contribution >= 4 is 5.91 Å². The van der Waals surface area contributed by atoms with Gasteiger partial charge in [0.1, 0.15) is 18.3 Å². The van der Waals surface area contributed by atoms with Gasteiger partial charge in [-0.05, 0) is 18.9 Å². The number of amides is 1. The van der Waals surface area contributed by atoms with Gasteiger partial charge in [-0.3, -0.25) is 4.79 Å². The van der Waals surface area contributed by atoms with Crippen molar-refractivity contribution in [2.75, 3.05) is 19.8 Å². The molecule has 1 fully saturated rings. The van der Waals surface area contributed by atoms with Crippen LogP contribution in [0.3, 0.4) is 0 Å². The number of para-hydroxylation sites is 1. The Bertz CT molecular complexity index is 460. The molecule has 1 saturated heterocycles. The highest BCUT2D eigenvalue weighted by Gasteiger charge is 2.37. The number of hydrogen-bond acceptors (Lipinski definition) is 3. The molecule has 0 bridgehead atoms. The summed E-state index contributed by atoms with van der Waals surface area (Å²) in [5.74, 6) is 0.709. The van der Waals surface area contributed by atoms with E-state index in [0.717, 1.165) is 30.7 Å². The Kier molecular flexibility index (Phi) is 2.96. The maximum Gasteiger partial charge on any atom is 0.234 e. The van der Waals surface area contributed by atoms with Crippen molar-refractivity contribution in [1.29, 1.82) is 0 Å². The van der Waals surface area contributed by atoms with Gasteiger partial charge in [-0.25, -0.2) is 0 Å². The number of likely N-dealkylation sites (tertiary alicyclic amines) is 1. The Morgan fingerprint density at radius 3 is 3.11 bits per heavy atom. The lowest BCUT2D eigenvalue weighted by Gasteiger charge is -2.25. The third kappa shape index (κ3) is 1.77. The van der Waals surface area contributed by atoms with Gasteiger partial charge in [0.25, 0.3) is 0 Å². The van der Waals surface area contributed by atoms with Crippen molar-refractivity contribution in [3.8, 4) is 5.75 Å². The van der Waals surface area contributed by atoms with Gasteiger partial charge >= 0.3 is 0 Å². The zero-order chi connectivity index (χ0) is 12.5. The molecule has 2 unspecified atom stereocenters. The van der Waals surface area contributed by atoms with E-state index in [2.05, 4.69) is 0 Å². The second-order valence-corrected chi connectivity index (χ2v) is 4.91. The summed E-state index contributed by atoms with van der Waals surface area (Å²) in [6.07, 6.45) is 1.88. The van der Waals surface area contributed by atoms with Crippen molar-refractivity contribution in [2.45, 2.75) is 24.8 Å². The number of ether oxygens (including phenoxy) is 1. The Hall–Kier alpha value is -1.55. The number of fused-ring (bicyclic) bond motifs is 1. The van der Waals surface area contributed by atoms with Crippen LogP contribution in [-0.4, -0.2) is 41.7 Å². The number of aliphatic hydroxyl groups excluding tert-OH is 1. The SMILES string of the molecule is O=C(C1COc2ccccc21)N1CCCC1CO. The van der Waals surface area contributed by atoms with E-state index in [1.807, 2.05) is 29.2 Å². The fourth-order valence-corrected chi connectivity index (χ4v) is 2.88. The van der Waals surface area contributed by atoms with Gasteiger partial charge in [0.2, 0.25) is 5.91 Å². The van der Waals surface area contributed by atoms with Crippen LogP contribution in [0.2, 0.25) is 0 Å². The standard InChI is InChI=1S/C14H17NO3/c16-8-10-4-3-7-15(10)14(17)12-9-18-13-6-2-1-5-11(12)13/h1-2,5-6,10,12,16H,3-4,7-9H2. The molecule has 1 aromatic rings. The molecule has 2 atom stereocenters.